The number of hydrogen-bond donors (Lipinski definition) is 1. The fraction of sp³-hybridized carbons (Fsp3) is 0.316. The summed E-state index contributed by atoms with van der Waals surface area (Å²) in [5.74, 6) is -0.482. The average Bonchev–Trinajstić information content (AvgIpc) is 3.50. The standard InChI is InChI=1S/C19H17F3N4O4S/c1-23-15-10-24-9-6-12(15)11-25-17(28)26(16(27)18(25)7-8-18)13-2-4-14(5-3-13)31(29,30)19(20,21)22/h2-6,9-10,23H,7-8,11H2,1H3. The van der Waals surface area contributed by atoms with Crippen LogP contribution in [0.5, 0.6) is 0 Å². The summed E-state index contributed by atoms with van der Waals surface area (Å²) in [6.07, 6.45) is 4.09. The minimum Gasteiger partial charge on any atom is -0.387 e. The van der Waals surface area contributed by atoms with Crippen LogP contribution in [0.25, 0.3) is 0 Å². The maximum absolute atomic E-state index is 13.1. The van der Waals surface area contributed by atoms with Crippen molar-refractivity contribution in [3.63, 3.8) is 0 Å². The molecule has 1 saturated carbocycles. The van der Waals surface area contributed by atoms with E-state index in [0.717, 1.165) is 34.7 Å². The van der Waals surface area contributed by atoms with Crippen molar-refractivity contribution in [3.8, 4) is 0 Å². The molecule has 164 valence electrons. The van der Waals surface area contributed by atoms with E-state index in [2.05, 4.69) is 10.3 Å². The van der Waals surface area contributed by atoms with Crippen LogP contribution in [-0.4, -0.2) is 48.3 Å². The summed E-state index contributed by atoms with van der Waals surface area (Å²) >= 11 is 0. The molecule has 2 heterocycles. The third kappa shape index (κ3) is 3.21. The molecule has 1 aliphatic carbocycles. The number of nitrogens with one attached hydrogen (secondary N) is 1. The summed E-state index contributed by atoms with van der Waals surface area (Å²) < 4.78 is 61.4. The van der Waals surface area contributed by atoms with E-state index in [1.54, 1.807) is 25.5 Å². The van der Waals surface area contributed by atoms with Crippen LogP contribution in [-0.2, 0) is 21.2 Å². The summed E-state index contributed by atoms with van der Waals surface area (Å²) in [6, 6.07) is 4.64. The number of anilines is 2. The molecule has 0 bridgehead atoms. The highest BCUT2D eigenvalue weighted by atomic mass is 32.2. The van der Waals surface area contributed by atoms with E-state index in [4.69, 9.17) is 0 Å². The molecule has 2 aliphatic rings. The van der Waals surface area contributed by atoms with E-state index in [1.807, 2.05) is 0 Å². The average molecular weight is 454 g/mol. The van der Waals surface area contributed by atoms with Crippen molar-refractivity contribution in [2.24, 2.45) is 0 Å². The summed E-state index contributed by atoms with van der Waals surface area (Å²) in [7, 11) is -3.82. The second-order valence-corrected chi connectivity index (χ2v) is 9.21. The molecule has 31 heavy (non-hydrogen) atoms. The van der Waals surface area contributed by atoms with Gasteiger partial charge in [0.25, 0.3) is 15.7 Å². The topological polar surface area (TPSA) is 99.7 Å². The number of aromatic nitrogens is 1. The largest absolute Gasteiger partial charge is 0.501 e. The molecule has 1 aromatic carbocycles. The van der Waals surface area contributed by atoms with Crippen LogP contribution in [0.1, 0.15) is 18.4 Å². The first-order chi connectivity index (χ1) is 14.5. The number of halogens is 3. The number of rotatable bonds is 5. The third-order valence-corrected chi connectivity index (χ3v) is 6.98. The molecular weight excluding hydrogens is 437 g/mol. The number of carbonyl (C=O) groups excluding carboxylic acids is 2. The molecule has 0 atom stereocenters. The second-order valence-electron chi connectivity index (χ2n) is 7.27. The van der Waals surface area contributed by atoms with Crippen LogP contribution >= 0.6 is 0 Å². The zero-order chi connectivity index (χ0) is 22.6. The quantitative estimate of drug-likeness (QED) is 0.698. The van der Waals surface area contributed by atoms with Crippen molar-refractivity contribution in [2.45, 2.75) is 35.3 Å². The molecule has 1 aromatic heterocycles. The van der Waals surface area contributed by atoms with Crippen LogP contribution in [0.15, 0.2) is 47.6 Å². The maximum Gasteiger partial charge on any atom is 0.501 e. The Morgan fingerprint density at radius 1 is 1.13 bits per heavy atom. The van der Waals surface area contributed by atoms with Crippen LogP contribution < -0.4 is 10.2 Å². The lowest BCUT2D eigenvalue weighted by atomic mass is 10.1. The van der Waals surface area contributed by atoms with Crippen LogP contribution in [0.4, 0.5) is 29.3 Å². The fourth-order valence-electron chi connectivity index (χ4n) is 3.63. The van der Waals surface area contributed by atoms with Gasteiger partial charge in [-0.2, -0.15) is 13.2 Å². The SMILES string of the molecule is CNc1cnccc1CN1C(=O)N(c2ccc(S(=O)(=O)C(F)(F)F)cc2)C(=O)C12CC2. The Morgan fingerprint density at radius 2 is 1.77 bits per heavy atom. The molecule has 1 saturated heterocycles. The van der Waals surface area contributed by atoms with Gasteiger partial charge in [-0.15, -0.1) is 0 Å². The Balaban J connectivity index is 1.65. The van der Waals surface area contributed by atoms with Gasteiger partial charge < -0.3 is 10.2 Å². The van der Waals surface area contributed by atoms with E-state index in [1.165, 1.54) is 4.90 Å². The molecule has 1 aliphatic heterocycles. The normalized spacial score (nSPS) is 18.1. The molecule has 0 radical (unpaired) electrons. The van der Waals surface area contributed by atoms with E-state index in [9.17, 15) is 31.2 Å². The van der Waals surface area contributed by atoms with Crippen LogP contribution in [0, 0.1) is 0 Å². The van der Waals surface area contributed by atoms with Gasteiger partial charge in [-0.25, -0.2) is 18.1 Å². The fourth-order valence-corrected chi connectivity index (χ4v) is 4.39. The van der Waals surface area contributed by atoms with E-state index in [-0.39, 0.29) is 12.2 Å². The van der Waals surface area contributed by atoms with Gasteiger partial charge >= 0.3 is 11.5 Å². The number of imide groups is 1. The number of pyridine rings is 1. The summed E-state index contributed by atoms with van der Waals surface area (Å²) in [6.45, 7) is 0.139. The zero-order valence-corrected chi connectivity index (χ0v) is 17.0. The highest BCUT2D eigenvalue weighted by Gasteiger charge is 2.65. The van der Waals surface area contributed by atoms with E-state index >= 15 is 0 Å². The predicted molar refractivity (Wildman–Crippen MR) is 104 cm³/mol. The first-order valence-corrected chi connectivity index (χ1v) is 10.7. The number of benzene rings is 1. The van der Waals surface area contributed by atoms with Crippen molar-refractivity contribution < 1.29 is 31.2 Å². The van der Waals surface area contributed by atoms with Gasteiger partial charge in [-0.1, -0.05) is 0 Å². The van der Waals surface area contributed by atoms with Gasteiger partial charge in [0.1, 0.15) is 5.54 Å². The van der Waals surface area contributed by atoms with Crippen molar-refractivity contribution in [1.82, 2.24) is 9.88 Å². The first-order valence-electron chi connectivity index (χ1n) is 9.21. The van der Waals surface area contributed by atoms with Crippen molar-refractivity contribution >= 4 is 33.2 Å². The Labute approximate surface area is 175 Å². The Kier molecular flexibility index (Phi) is 4.72. The molecule has 2 aromatic rings. The van der Waals surface area contributed by atoms with Crippen molar-refractivity contribution in [1.29, 1.82) is 0 Å². The highest BCUT2D eigenvalue weighted by molar-refractivity contribution is 7.92. The maximum atomic E-state index is 13.1. The number of amides is 3. The lowest BCUT2D eigenvalue weighted by Crippen LogP contribution is -2.36. The van der Waals surface area contributed by atoms with Gasteiger partial charge in [0, 0.05) is 13.2 Å². The first kappa shape index (κ1) is 21.1. The molecule has 3 amide bonds. The summed E-state index contributed by atoms with van der Waals surface area (Å²) in [4.78, 5) is 31.5. The second kappa shape index (κ2) is 6.94. The van der Waals surface area contributed by atoms with Crippen molar-refractivity contribution in [2.75, 3.05) is 17.3 Å². The monoisotopic (exact) mass is 454 g/mol. The number of nitrogens with zero attached hydrogens (tertiary/aromatic N) is 3. The lowest BCUT2D eigenvalue weighted by Gasteiger charge is -2.22. The minimum absolute atomic E-state index is 0.00784. The lowest BCUT2D eigenvalue weighted by molar-refractivity contribution is -0.120. The van der Waals surface area contributed by atoms with Crippen molar-refractivity contribution in [3.05, 3.63) is 48.3 Å². The van der Waals surface area contributed by atoms with Gasteiger partial charge in [-0.05, 0) is 48.7 Å². The van der Waals surface area contributed by atoms with E-state index < -0.39 is 37.7 Å². The van der Waals surface area contributed by atoms with Gasteiger partial charge in [0.05, 0.1) is 29.0 Å². The molecule has 2 fully saturated rings. The van der Waals surface area contributed by atoms with Crippen LogP contribution in [0.2, 0.25) is 0 Å². The van der Waals surface area contributed by atoms with E-state index in [0.29, 0.717) is 18.5 Å². The van der Waals surface area contributed by atoms with Gasteiger partial charge in [0.2, 0.25) is 0 Å². The zero-order valence-electron chi connectivity index (χ0n) is 16.2. The molecule has 4 rings (SSSR count). The number of hydrogen-bond acceptors (Lipinski definition) is 6. The molecule has 12 heteroatoms. The number of urea groups is 1. The van der Waals surface area contributed by atoms with Gasteiger partial charge in [0.15, 0.2) is 0 Å². The summed E-state index contributed by atoms with van der Waals surface area (Å²) in [5, 5.41) is 2.97. The Hall–Kier alpha value is -3.15. The predicted octanol–water partition coefficient (Wildman–Crippen LogP) is 2.92. The van der Waals surface area contributed by atoms with Gasteiger partial charge in [-0.3, -0.25) is 9.78 Å². The minimum atomic E-state index is -5.53. The molecule has 0 unspecified atom stereocenters. The molecule has 1 N–H and O–H groups in total. The number of carbonyl (C=O) groups is 2. The number of alkyl halides is 3. The third-order valence-electron chi connectivity index (χ3n) is 5.48. The number of sulfone groups is 1. The highest BCUT2D eigenvalue weighted by Crippen LogP contribution is 2.50. The Bertz CT molecular complexity index is 1160. The van der Waals surface area contributed by atoms with Crippen LogP contribution in [0.3, 0.4) is 0 Å². The molecule has 8 nitrogen and oxygen atoms in total. The smallest absolute Gasteiger partial charge is 0.387 e. The Morgan fingerprint density at radius 3 is 2.32 bits per heavy atom. The molecular formula is C19H17F3N4O4S. The molecule has 1 spiro atoms. The summed E-state index contributed by atoms with van der Waals surface area (Å²) in [5.41, 5.74) is -4.99.